The summed E-state index contributed by atoms with van der Waals surface area (Å²) in [6.45, 7) is 0.496. The highest BCUT2D eigenvalue weighted by atomic mass is 79.9. The fourth-order valence-corrected chi connectivity index (χ4v) is 1.47. The van der Waals surface area contributed by atoms with Crippen molar-refractivity contribution in [2.45, 2.75) is 6.42 Å². The summed E-state index contributed by atoms with van der Waals surface area (Å²) < 4.78 is 0. The average molecular weight is 287 g/mol. The Morgan fingerprint density at radius 1 is 1.44 bits per heavy atom. The Morgan fingerprint density at radius 2 is 2.12 bits per heavy atom. The molecule has 86 valence electrons. The number of carbonyl (C=O) groups excluding carboxylic acids is 1. The van der Waals surface area contributed by atoms with Gasteiger partial charge in [0.2, 0.25) is 0 Å². The summed E-state index contributed by atoms with van der Waals surface area (Å²) in [5, 5.41) is 14.1. The predicted molar refractivity (Wildman–Crippen MR) is 63.8 cm³/mol. The number of amides is 1. The van der Waals surface area contributed by atoms with Crippen LogP contribution in [-0.2, 0) is 0 Å². The van der Waals surface area contributed by atoms with Gasteiger partial charge < -0.3 is 5.32 Å². The highest BCUT2D eigenvalue weighted by Crippen LogP contribution is 2.17. The van der Waals surface area contributed by atoms with Crippen molar-refractivity contribution < 1.29 is 9.72 Å². The van der Waals surface area contributed by atoms with Gasteiger partial charge in [0.05, 0.1) is 4.92 Å². The molecule has 0 aliphatic heterocycles. The van der Waals surface area contributed by atoms with E-state index >= 15 is 0 Å². The number of rotatable bonds is 5. The van der Waals surface area contributed by atoms with Gasteiger partial charge in [-0.3, -0.25) is 14.9 Å². The van der Waals surface area contributed by atoms with Crippen LogP contribution in [0.1, 0.15) is 16.8 Å². The third kappa shape index (κ3) is 3.30. The van der Waals surface area contributed by atoms with Crippen LogP contribution in [0.15, 0.2) is 24.3 Å². The molecule has 16 heavy (non-hydrogen) atoms. The van der Waals surface area contributed by atoms with Crippen LogP contribution >= 0.6 is 15.9 Å². The van der Waals surface area contributed by atoms with Gasteiger partial charge in [-0.1, -0.05) is 28.1 Å². The molecule has 1 aromatic rings. The van der Waals surface area contributed by atoms with Gasteiger partial charge in [-0.25, -0.2) is 0 Å². The summed E-state index contributed by atoms with van der Waals surface area (Å²) in [6.07, 6.45) is 0.784. The quantitative estimate of drug-likeness (QED) is 0.390. The molecule has 0 spiro atoms. The summed E-state index contributed by atoms with van der Waals surface area (Å²) in [7, 11) is 0. The van der Waals surface area contributed by atoms with Crippen molar-refractivity contribution >= 4 is 27.5 Å². The van der Waals surface area contributed by atoms with Gasteiger partial charge in [0.25, 0.3) is 11.6 Å². The maximum atomic E-state index is 11.6. The minimum absolute atomic E-state index is 0.0991. The van der Waals surface area contributed by atoms with Gasteiger partial charge in [0, 0.05) is 17.9 Å². The zero-order valence-corrected chi connectivity index (χ0v) is 10.1. The molecule has 1 rings (SSSR count). The lowest BCUT2D eigenvalue weighted by Gasteiger charge is -2.04. The molecule has 6 heteroatoms. The van der Waals surface area contributed by atoms with Gasteiger partial charge in [-0.15, -0.1) is 0 Å². The van der Waals surface area contributed by atoms with Crippen LogP contribution in [0.2, 0.25) is 0 Å². The Morgan fingerprint density at radius 3 is 2.75 bits per heavy atom. The molecular formula is C10H11BrN2O3. The lowest BCUT2D eigenvalue weighted by molar-refractivity contribution is -0.385. The van der Waals surface area contributed by atoms with Crippen LogP contribution in [-0.4, -0.2) is 22.7 Å². The minimum atomic E-state index is -0.556. The van der Waals surface area contributed by atoms with E-state index in [9.17, 15) is 14.9 Å². The lowest BCUT2D eigenvalue weighted by atomic mass is 10.1. The summed E-state index contributed by atoms with van der Waals surface area (Å²) in [4.78, 5) is 21.7. The number of halogens is 1. The maximum Gasteiger partial charge on any atom is 0.282 e. The molecule has 0 saturated heterocycles. The minimum Gasteiger partial charge on any atom is -0.352 e. The van der Waals surface area contributed by atoms with Crippen molar-refractivity contribution in [1.29, 1.82) is 0 Å². The van der Waals surface area contributed by atoms with Gasteiger partial charge in [0.1, 0.15) is 5.56 Å². The third-order valence-electron chi connectivity index (χ3n) is 1.94. The first-order valence-electron chi connectivity index (χ1n) is 4.74. The first-order chi connectivity index (χ1) is 7.66. The molecule has 0 aliphatic carbocycles. The summed E-state index contributed by atoms with van der Waals surface area (Å²) in [6, 6.07) is 5.90. The number of benzene rings is 1. The van der Waals surface area contributed by atoms with Crippen molar-refractivity contribution in [3.8, 4) is 0 Å². The molecule has 0 heterocycles. The topological polar surface area (TPSA) is 72.2 Å². The number of alkyl halides is 1. The first-order valence-corrected chi connectivity index (χ1v) is 5.86. The van der Waals surface area contributed by atoms with E-state index in [1.54, 1.807) is 6.07 Å². The molecule has 0 aromatic heterocycles. The Kier molecular flexibility index (Phi) is 4.91. The van der Waals surface area contributed by atoms with E-state index in [0.717, 1.165) is 11.8 Å². The molecule has 0 radical (unpaired) electrons. The van der Waals surface area contributed by atoms with E-state index in [1.807, 2.05) is 0 Å². The molecule has 1 amide bonds. The van der Waals surface area contributed by atoms with Crippen molar-refractivity contribution in [3.63, 3.8) is 0 Å². The highest BCUT2D eigenvalue weighted by Gasteiger charge is 2.18. The van der Waals surface area contributed by atoms with Gasteiger partial charge >= 0.3 is 0 Å². The molecule has 1 N–H and O–H groups in total. The molecular weight excluding hydrogens is 276 g/mol. The summed E-state index contributed by atoms with van der Waals surface area (Å²) >= 11 is 3.23. The van der Waals surface area contributed by atoms with Crippen LogP contribution in [0.3, 0.4) is 0 Å². The second-order valence-electron chi connectivity index (χ2n) is 3.07. The standard InChI is InChI=1S/C10H11BrN2O3/c11-6-3-7-12-10(14)8-4-1-2-5-9(8)13(15)16/h1-2,4-5H,3,6-7H2,(H,12,14). The SMILES string of the molecule is O=C(NCCCBr)c1ccccc1[N+](=O)[O-]. The molecule has 0 fully saturated rings. The number of nitrogens with zero attached hydrogens (tertiary/aromatic N) is 1. The smallest absolute Gasteiger partial charge is 0.282 e. The van der Waals surface area contributed by atoms with Gasteiger partial charge in [0.15, 0.2) is 0 Å². The number of hydrogen-bond acceptors (Lipinski definition) is 3. The average Bonchev–Trinajstić information content (AvgIpc) is 2.29. The summed E-state index contributed by atoms with van der Waals surface area (Å²) in [5.74, 6) is -0.409. The van der Waals surface area contributed by atoms with Crippen molar-refractivity contribution in [2.75, 3.05) is 11.9 Å². The summed E-state index contributed by atoms with van der Waals surface area (Å²) in [5.41, 5.74) is -0.0686. The maximum absolute atomic E-state index is 11.6. The second-order valence-corrected chi connectivity index (χ2v) is 3.87. The number of nitro benzene ring substituents is 1. The third-order valence-corrected chi connectivity index (χ3v) is 2.50. The number of nitrogens with one attached hydrogen (secondary N) is 1. The zero-order chi connectivity index (χ0) is 12.0. The number of carbonyl (C=O) groups is 1. The largest absolute Gasteiger partial charge is 0.352 e. The number of hydrogen-bond donors (Lipinski definition) is 1. The van der Waals surface area contributed by atoms with Crippen molar-refractivity contribution in [2.24, 2.45) is 0 Å². The Balaban J connectivity index is 2.78. The Hall–Kier alpha value is -1.43. The van der Waals surface area contributed by atoms with E-state index < -0.39 is 10.8 Å². The fourth-order valence-electron chi connectivity index (χ4n) is 1.19. The van der Waals surface area contributed by atoms with Gasteiger partial charge in [-0.2, -0.15) is 0 Å². The number of para-hydroxylation sites is 1. The first kappa shape index (κ1) is 12.6. The molecule has 0 aliphatic rings. The van der Waals surface area contributed by atoms with E-state index in [1.165, 1.54) is 18.2 Å². The van der Waals surface area contributed by atoms with E-state index in [4.69, 9.17) is 0 Å². The molecule has 1 aromatic carbocycles. The van der Waals surface area contributed by atoms with E-state index in [2.05, 4.69) is 21.2 Å². The van der Waals surface area contributed by atoms with Crippen LogP contribution in [0.5, 0.6) is 0 Å². The number of nitro groups is 1. The van der Waals surface area contributed by atoms with Crippen LogP contribution in [0.4, 0.5) is 5.69 Å². The molecule has 0 saturated carbocycles. The zero-order valence-electron chi connectivity index (χ0n) is 8.48. The van der Waals surface area contributed by atoms with Crippen LogP contribution in [0.25, 0.3) is 0 Å². The van der Waals surface area contributed by atoms with E-state index in [-0.39, 0.29) is 11.3 Å². The molecule has 0 atom stereocenters. The Labute approximate surface area is 101 Å². The predicted octanol–water partition coefficient (Wildman–Crippen LogP) is 2.11. The monoisotopic (exact) mass is 286 g/mol. The van der Waals surface area contributed by atoms with Gasteiger partial charge in [-0.05, 0) is 12.5 Å². The van der Waals surface area contributed by atoms with Crippen LogP contribution < -0.4 is 5.32 Å². The fraction of sp³-hybridized carbons (Fsp3) is 0.300. The Bertz CT molecular complexity index is 395. The molecule has 0 bridgehead atoms. The van der Waals surface area contributed by atoms with Crippen molar-refractivity contribution in [1.82, 2.24) is 5.32 Å². The normalized spacial score (nSPS) is 9.81. The van der Waals surface area contributed by atoms with Crippen molar-refractivity contribution in [3.05, 3.63) is 39.9 Å². The van der Waals surface area contributed by atoms with Crippen LogP contribution in [0, 0.1) is 10.1 Å². The lowest BCUT2D eigenvalue weighted by Crippen LogP contribution is -2.25. The van der Waals surface area contributed by atoms with E-state index in [0.29, 0.717) is 6.54 Å². The molecule has 0 unspecified atom stereocenters. The second kappa shape index (κ2) is 6.22. The highest BCUT2D eigenvalue weighted by molar-refractivity contribution is 9.09. The molecule has 5 nitrogen and oxygen atoms in total.